The smallest absolute Gasteiger partial charge is 0.550 e. The second kappa shape index (κ2) is 22.0. The molecule has 0 aromatic heterocycles. The van der Waals surface area contributed by atoms with E-state index < -0.39 is 38.6 Å². The van der Waals surface area contributed by atoms with Gasteiger partial charge in [-0.15, -0.1) is 0 Å². The van der Waals surface area contributed by atoms with Gasteiger partial charge in [-0.25, -0.2) is 0 Å². The summed E-state index contributed by atoms with van der Waals surface area (Å²) in [6.45, 7) is 14.3. The van der Waals surface area contributed by atoms with Crippen LogP contribution >= 0.6 is 25.2 Å². The number of para-hydroxylation sites is 2. The number of fused-ring (bicyclic) bond motifs is 2. The first kappa shape index (κ1) is 49.3. The Morgan fingerprint density at radius 3 is 0.949 bits per heavy atom. The van der Waals surface area contributed by atoms with Crippen molar-refractivity contribution in [1.29, 1.82) is 0 Å². The quantitative estimate of drug-likeness (QED) is 0.143. The molecule has 59 heavy (non-hydrogen) atoms. The number of benzene rings is 6. The summed E-state index contributed by atoms with van der Waals surface area (Å²) >= 11 is 0. The monoisotopic (exact) mass is 931 g/mol. The molecule has 6 aromatic rings. The van der Waals surface area contributed by atoms with Crippen molar-refractivity contribution in [3.63, 3.8) is 0 Å². The fourth-order valence-corrected chi connectivity index (χ4v) is 10.8. The molecule has 0 bridgehead atoms. The van der Waals surface area contributed by atoms with E-state index in [2.05, 4.69) is 177 Å². The SMILES string of the molecule is CC(C)(C)C(=O)[O-].CC(C)(C)C(=O)[O-].CC1(C)c2cccc(P(c3ccccc3)c3ccccc3)c2Oc2c(P(c3ccccc3)c3ccccc3)cccc21.NP.[Ru+2]. The van der Waals surface area contributed by atoms with Crippen molar-refractivity contribution in [2.75, 3.05) is 0 Å². The second-order valence-corrected chi connectivity index (χ2v) is 20.5. The van der Waals surface area contributed by atoms with Crippen molar-refractivity contribution in [2.24, 2.45) is 16.3 Å². The van der Waals surface area contributed by atoms with Crippen molar-refractivity contribution >= 4 is 69.0 Å². The van der Waals surface area contributed by atoms with Gasteiger partial charge in [-0.3, -0.25) is 0 Å². The topological polar surface area (TPSA) is 116 Å². The van der Waals surface area contributed by atoms with Gasteiger partial charge in [0.2, 0.25) is 0 Å². The molecule has 0 spiro atoms. The van der Waals surface area contributed by atoms with Crippen LogP contribution in [0.3, 0.4) is 0 Å². The average Bonchev–Trinajstić information content (AvgIpc) is 3.21. The third-order valence-corrected chi connectivity index (χ3v) is 14.2. The van der Waals surface area contributed by atoms with Gasteiger partial charge in [-0.1, -0.05) is 223 Å². The van der Waals surface area contributed by atoms with Crippen LogP contribution in [0.2, 0.25) is 0 Å². The Morgan fingerprint density at radius 2 is 0.729 bits per heavy atom. The van der Waals surface area contributed by atoms with Gasteiger partial charge >= 0.3 is 19.5 Å². The van der Waals surface area contributed by atoms with Gasteiger partial charge in [0.05, 0.1) is 0 Å². The predicted molar refractivity (Wildman–Crippen MR) is 245 cm³/mol. The zero-order chi connectivity index (χ0) is 42.7. The van der Waals surface area contributed by atoms with E-state index in [1.807, 2.05) is 9.39 Å². The van der Waals surface area contributed by atoms with Crippen LogP contribution in [-0.4, -0.2) is 11.9 Å². The summed E-state index contributed by atoms with van der Waals surface area (Å²) in [6.07, 6.45) is 0. The first-order chi connectivity index (χ1) is 27.5. The van der Waals surface area contributed by atoms with E-state index in [1.165, 1.54) is 43.0 Å². The maximum atomic E-state index is 9.91. The van der Waals surface area contributed by atoms with Crippen LogP contribution in [-0.2, 0) is 34.5 Å². The van der Waals surface area contributed by atoms with Gasteiger partial charge in [0.1, 0.15) is 11.5 Å². The maximum Gasteiger partial charge on any atom is 2.00 e. The number of aliphatic carboxylic acids is 2. The van der Waals surface area contributed by atoms with Crippen molar-refractivity contribution in [3.05, 3.63) is 169 Å². The normalized spacial score (nSPS) is 12.3. The summed E-state index contributed by atoms with van der Waals surface area (Å²) in [6, 6.07) is 57.2. The average molecular weight is 931 g/mol. The summed E-state index contributed by atoms with van der Waals surface area (Å²) in [4.78, 5) is 19.8. The van der Waals surface area contributed by atoms with Gasteiger partial charge in [0.15, 0.2) is 0 Å². The number of carbonyl (C=O) groups excluding carboxylic acids is 2. The first-order valence-electron chi connectivity index (χ1n) is 19.0. The van der Waals surface area contributed by atoms with Crippen LogP contribution in [0.25, 0.3) is 0 Å². The third kappa shape index (κ3) is 12.5. The summed E-state index contributed by atoms with van der Waals surface area (Å²) in [5.41, 5.74) is 5.29. The molecular formula is C49H54NO5P3Ru. The number of rotatable bonds is 6. The Hall–Kier alpha value is -4.07. The molecule has 10 heteroatoms. The molecule has 1 aliphatic rings. The Kier molecular flexibility index (Phi) is 18.4. The molecule has 0 fully saturated rings. The van der Waals surface area contributed by atoms with Crippen LogP contribution in [0.15, 0.2) is 158 Å². The van der Waals surface area contributed by atoms with E-state index in [9.17, 15) is 19.8 Å². The number of carbonyl (C=O) groups is 2. The third-order valence-electron chi connectivity index (χ3n) is 9.30. The number of ether oxygens (including phenoxy) is 1. The number of carboxylic acid groups (broad SMARTS) is 2. The van der Waals surface area contributed by atoms with E-state index >= 15 is 0 Å². The van der Waals surface area contributed by atoms with Crippen LogP contribution < -0.4 is 52.3 Å². The molecule has 1 atom stereocenters. The Labute approximate surface area is 368 Å². The van der Waals surface area contributed by atoms with Gasteiger partial charge in [-0.05, 0) is 37.1 Å². The molecule has 7 rings (SSSR count). The molecule has 0 saturated carbocycles. The molecule has 0 saturated heterocycles. The summed E-state index contributed by atoms with van der Waals surface area (Å²) in [5.74, 6) is 0.00896. The number of hydrogen-bond acceptors (Lipinski definition) is 6. The van der Waals surface area contributed by atoms with E-state index in [0.717, 1.165) is 11.5 Å². The van der Waals surface area contributed by atoms with Crippen molar-refractivity contribution in [3.8, 4) is 11.5 Å². The standard InChI is InChI=1S/C39H32OP2.2C5H10O2.H4NP.Ru/c1-39(2)33-25-15-27-35(41(29-17-7-3-8-18-29)30-19-9-4-10-20-30)37(33)40-38-34(39)26-16-28-36(38)42(31-21-11-5-12-22-31)32-23-13-6-14-24-32;2*1-5(2,3)4(6)7;1-2;/h3-28H,1-2H3;2*1-3H3,(H,6,7);1-2H2;/q;;;;+2/p-2. The molecular weight excluding hydrogens is 877 g/mol. The molecule has 0 radical (unpaired) electrons. The van der Waals surface area contributed by atoms with Crippen LogP contribution in [0.5, 0.6) is 11.5 Å². The minimum Gasteiger partial charge on any atom is -0.550 e. The van der Waals surface area contributed by atoms with Crippen LogP contribution in [0.4, 0.5) is 0 Å². The Balaban J connectivity index is 0.000000468. The summed E-state index contributed by atoms with van der Waals surface area (Å²) < 4.78 is 7.26. The molecule has 6 nitrogen and oxygen atoms in total. The fraction of sp³-hybridized carbons (Fsp3) is 0.224. The largest absolute Gasteiger partial charge is 2.00 e. The van der Waals surface area contributed by atoms with Crippen LogP contribution in [0.1, 0.15) is 66.5 Å². The molecule has 0 aliphatic carbocycles. The second-order valence-electron chi connectivity index (χ2n) is 16.1. The minimum atomic E-state index is -1.01. The van der Waals surface area contributed by atoms with Gasteiger partial charge < -0.3 is 30.0 Å². The Morgan fingerprint density at radius 1 is 0.492 bits per heavy atom. The Bertz CT molecular complexity index is 2010. The van der Waals surface area contributed by atoms with E-state index in [-0.39, 0.29) is 24.9 Å². The predicted octanol–water partition coefficient (Wildman–Crippen LogP) is 6.93. The number of carboxylic acids is 2. The van der Waals surface area contributed by atoms with Crippen molar-refractivity contribution in [2.45, 2.75) is 60.8 Å². The maximum absolute atomic E-state index is 9.91. The van der Waals surface area contributed by atoms with E-state index in [0.29, 0.717) is 0 Å². The number of hydrogen-bond donors (Lipinski definition) is 1. The molecule has 2 N–H and O–H groups in total. The molecule has 1 heterocycles. The summed E-state index contributed by atoms with van der Waals surface area (Å²) in [5, 5.41) is 27.6. The van der Waals surface area contributed by atoms with Crippen molar-refractivity contribution < 1.29 is 44.0 Å². The van der Waals surface area contributed by atoms with Gasteiger partial charge in [0, 0.05) is 49.9 Å². The zero-order valence-corrected chi connectivity index (χ0v) is 39.6. The zero-order valence-electron chi connectivity index (χ0n) is 35.0. The summed E-state index contributed by atoms with van der Waals surface area (Å²) in [7, 11) is 0.269. The fourth-order valence-electron chi connectivity index (χ4n) is 6.01. The molecule has 308 valence electrons. The molecule has 0 amide bonds. The van der Waals surface area contributed by atoms with E-state index in [4.69, 9.17) is 4.74 Å². The van der Waals surface area contributed by atoms with Crippen LogP contribution in [0, 0.1) is 10.8 Å². The van der Waals surface area contributed by atoms with E-state index in [1.54, 1.807) is 41.5 Å². The van der Waals surface area contributed by atoms with Crippen molar-refractivity contribution in [1.82, 2.24) is 0 Å². The molecule has 1 unspecified atom stereocenters. The first-order valence-corrected chi connectivity index (χ1v) is 22.4. The van der Waals surface area contributed by atoms with Gasteiger partial charge in [-0.2, -0.15) is 0 Å². The number of nitrogens with two attached hydrogens (primary N) is 1. The minimum absolute atomic E-state index is 0. The van der Waals surface area contributed by atoms with Gasteiger partial charge in [0.25, 0.3) is 0 Å². The molecule has 1 aliphatic heterocycles. The molecule has 6 aromatic carbocycles.